The molecular weight excluding hydrogens is 293 g/mol. The first-order valence-electron chi connectivity index (χ1n) is 6.34. The van der Waals surface area contributed by atoms with Crippen molar-refractivity contribution in [3.63, 3.8) is 0 Å². The standard InChI is InChI=1S/C16H15Cl2NO/c1-11(13-7-8-14(17)15(18)10-13)19-16(20)9-12-5-3-2-4-6-12/h2-8,10-11H,9H2,1H3,(H,19,20). The molecule has 0 aliphatic heterocycles. The highest BCUT2D eigenvalue weighted by Gasteiger charge is 2.11. The molecule has 0 aromatic heterocycles. The zero-order valence-electron chi connectivity index (χ0n) is 11.1. The summed E-state index contributed by atoms with van der Waals surface area (Å²) in [7, 11) is 0. The zero-order valence-corrected chi connectivity index (χ0v) is 12.6. The van der Waals surface area contributed by atoms with Crippen molar-refractivity contribution < 1.29 is 4.79 Å². The predicted octanol–water partition coefficient (Wildman–Crippen LogP) is 4.41. The maximum atomic E-state index is 12.0. The lowest BCUT2D eigenvalue weighted by Gasteiger charge is -2.15. The zero-order chi connectivity index (χ0) is 14.5. The molecule has 2 aromatic rings. The van der Waals surface area contributed by atoms with Crippen LogP contribution in [0.1, 0.15) is 24.1 Å². The Morgan fingerprint density at radius 3 is 2.45 bits per heavy atom. The van der Waals surface area contributed by atoms with Gasteiger partial charge in [-0.2, -0.15) is 0 Å². The minimum Gasteiger partial charge on any atom is -0.349 e. The first-order valence-corrected chi connectivity index (χ1v) is 7.10. The smallest absolute Gasteiger partial charge is 0.224 e. The highest BCUT2D eigenvalue weighted by molar-refractivity contribution is 6.42. The molecule has 0 aliphatic rings. The van der Waals surface area contributed by atoms with Crippen LogP contribution in [0.15, 0.2) is 48.5 Å². The van der Waals surface area contributed by atoms with Crippen LogP contribution in [0.25, 0.3) is 0 Å². The third kappa shape index (κ3) is 3.99. The van der Waals surface area contributed by atoms with Gasteiger partial charge in [0.15, 0.2) is 0 Å². The highest BCUT2D eigenvalue weighted by atomic mass is 35.5. The largest absolute Gasteiger partial charge is 0.349 e. The Morgan fingerprint density at radius 1 is 1.10 bits per heavy atom. The molecule has 20 heavy (non-hydrogen) atoms. The molecule has 4 heteroatoms. The van der Waals surface area contributed by atoms with Crippen LogP contribution < -0.4 is 5.32 Å². The van der Waals surface area contributed by atoms with Gasteiger partial charge in [-0.05, 0) is 30.2 Å². The Morgan fingerprint density at radius 2 is 1.80 bits per heavy atom. The van der Waals surface area contributed by atoms with Crippen molar-refractivity contribution in [3.8, 4) is 0 Å². The second-order valence-corrected chi connectivity index (χ2v) is 5.44. The van der Waals surface area contributed by atoms with Crippen LogP contribution in [0.3, 0.4) is 0 Å². The van der Waals surface area contributed by atoms with Crippen LogP contribution in [0.5, 0.6) is 0 Å². The molecule has 0 radical (unpaired) electrons. The molecule has 1 unspecified atom stereocenters. The van der Waals surface area contributed by atoms with Crippen LogP contribution in [0.4, 0.5) is 0 Å². The van der Waals surface area contributed by atoms with Crippen LogP contribution in [-0.2, 0) is 11.2 Å². The molecule has 1 N–H and O–H groups in total. The van der Waals surface area contributed by atoms with Gasteiger partial charge in [0.05, 0.1) is 22.5 Å². The maximum absolute atomic E-state index is 12.0. The highest BCUT2D eigenvalue weighted by Crippen LogP contribution is 2.25. The summed E-state index contributed by atoms with van der Waals surface area (Å²) in [6.07, 6.45) is 0.368. The SMILES string of the molecule is CC(NC(=O)Cc1ccccc1)c1ccc(Cl)c(Cl)c1. The van der Waals surface area contributed by atoms with E-state index in [0.29, 0.717) is 16.5 Å². The Labute approximate surface area is 128 Å². The molecule has 0 bridgehead atoms. The van der Waals surface area contributed by atoms with Crippen molar-refractivity contribution in [3.05, 3.63) is 69.7 Å². The van der Waals surface area contributed by atoms with Crippen molar-refractivity contribution >= 4 is 29.1 Å². The van der Waals surface area contributed by atoms with Gasteiger partial charge in [0.25, 0.3) is 0 Å². The monoisotopic (exact) mass is 307 g/mol. The summed E-state index contributed by atoms with van der Waals surface area (Å²) in [6.45, 7) is 1.92. The summed E-state index contributed by atoms with van der Waals surface area (Å²) in [5.74, 6) is -0.0187. The normalized spacial score (nSPS) is 11.9. The number of carbonyl (C=O) groups is 1. The molecule has 1 amide bonds. The number of amides is 1. The first-order chi connectivity index (χ1) is 9.56. The van der Waals surface area contributed by atoms with Gasteiger partial charge in [-0.25, -0.2) is 0 Å². The van der Waals surface area contributed by atoms with Crippen molar-refractivity contribution in [1.82, 2.24) is 5.32 Å². The van der Waals surface area contributed by atoms with E-state index in [9.17, 15) is 4.79 Å². The Hall–Kier alpha value is -1.51. The van der Waals surface area contributed by atoms with Crippen LogP contribution in [-0.4, -0.2) is 5.91 Å². The van der Waals surface area contributed by atoms with E-state index < -0.39 is 0 Å². The van der Waals surface area contributed by atoms with Gasteiger partial charge in [0.2, 0.25) is 5.91 Å². The molecule has 2 rings (SSSR count). The second kappa shape index (κ2) is 6.78. The van der Waals surface area contributed by atoms with Crippen LogP contribution >= 0.6 is 23.2 Å². The Kier molecular flexibility index (Phi) is 5.05. The van der Waals surface area contributed by atoms with Gasteiger partial charge in [0, 0.05) is 0 Å². The molecule has 0 heterocycles. The fourth-order valence-electron chi connectivity index (χ4n) is 1.94. The summed E-state index contributed by atoms with van der Waals surface area (Å²) in [6, 6.07) is 14.9. The third-order valence-corrected chi connectivity index (χ3v) is 3.77. The fraction of sp³-hybridized carbons (Fsp3) is 0.188. The number of hydrogen-bond donors (Lipinski definition) is 1. The van der Waals surface area contributed by atoms with Gasteiger partial charge in [-0.3, -0.25) is 4.79 Å². The van der Waals surface area contributed by atoms with Gasteiger partial charge >= 0.3 is 0 Å². The Bertz CT molecular complexity index is 599. The van der Waals surface area contributed by atoms with E-state index in [1.165, 1.54) is 0 Å². The van der Waals surface area contributed by atoms with Crippen LogP contribution in [0.2, 0.25) is 10.0 Å². The lowest BCUT2D eigenvalue weighted by molar-refractivity contribution is -0.121. The second-order valence-electron chi connectivity index (χ2n) is 4.63. The summed E-state index contributed by atoms with van der Waals surface area (Å²) in [4.78, 5) is 12.0. The van der Waals surface area contributed by atoms with E-state index in [-0.39, 0.29) is 11.9 Å². The van der Waals surface area contributed by atoms with E-state index in [1.807, 2.05) is 43.3 Å². The minimum atomic E-state index is -0.110. The molecule has 2 aromatic carbocycles. The van der Waals surface area contributed by atoms with Gasteiger partial charge in [-0.15, -0.1) is 0 Å². The van der Waals surface area contributed by atoms with E-state index >= 15 is 0 Å². The molecular formula is C16H15Cl2NO. The average molecular weight is 308 g/mol. The summed E-state index contributed by atoms with van der Waals surface area (Å²) in [5.41, 5.74) is 1.92. The van der Waals surface area contributed by atoms with Gasteiger partial charge in [0.1, 0.15) is 0 Å². The number of benzene rings is 2. The molecule has 0 spiro atoms. The predicted molar refractivity (Wildman–Crippen MR) is 83.2 cm³/mol. The Balaban J connectivity index is 1.98. The molecule has 2 nitrogen and oxygen atoms in total. The first kappa shape index (κ1) is 14.9. The quantitative estimate of drug-likeness (QED) is 0.890. The number of hydrogen-bond acceptors (Lipinski definition) is 1. The third-order valence-electron chi connectivity index (χ3n) is 3.03. The van der Waals surface area contributed by atoms with E-state index in [0.717, 1.165) is 11.1 Å². The van der Waals surface area contributed by atoms with E-state index in [1.54, 1.807) is 12.1 Å². The number of halogens is 2. The summed E-state index contributed by atoms with van der Waals surface area (Å²) in [5, 5.41) is 3.96. The van der Waals surface area contributed by atoms with Crippen molar-refractivity contribution in [2.75, 3.05) is 0 Å². The average Bonchev–Trinajstić information content (AvgIpc) is 2.42. The fourth-order valence-corrected chi connectivity index (χ4v) is 2.25. The molecule has 0 aliphatic carbocycles. The molecule has 104 valence electrons. The van der Waals surface area contributed by atoms with Crippen molar-refractivity contribution in [2.45, 2.75) is 19.4 Å². The molecule has 0 saturated carbocycles. The number of carbonyl (C=O) groups excluding carboxylic acids is 1. The summed E-state index contributed by atoms with van der Waals surface area (Å²) < 4.78 is 0. The van der Waals surface area contributed by atoms with E-state index in [4.69, 9.17) is 23.2 Å². The maximum Gasteiger partial charge on any atom is 0.224 e. The molecule has 0 saturated heterocycles. The van der Waals surface area contributed by atoms with Crippen molar-refractivity contribution in [2.24, 2.45) is 0 Å². The van der Waals surface area contributed by atoms with E-state index in [2.05, 4.69) is 5.32 Å². The van der Waals surface area contributed by atoms with Gasteiger partial charge < -0.3 is 5.32 Å². The lowest BCUT2D eigenvalue weighted by atomic mass is 10.1. The molecule has 0 fully saturated rings. The topological polar surface area (TPSA) is 29.1 Å². The van der Waals surface area contributed by atoms with Crippen LogP contribution in [0, 0.1) is 0 Å². The van der Waals surface area contributed by atoms with Gasteiger partial charge in [-0.1, -0.05) is 59.6 Å². The number of nitrogens with one attached hydrogen (secondary N) is 1. The summed E-state index contributed by atoms with van der Waals surface area (Å²) >= 11 is 11.9. The molecule has 1 atom stereocenters. The van der Waals surface area contributed by atoms with Crippen molar-refractivity contribution in [1.29, 1.82) is 0 Å². The lowest BCUT2D eigenvalue weighted by Crippen LogP contribution is -2.28. The number of rotatable bonds is 4. The minimum absolute atomic E-state index is 0.0187.